The van der Waals surface area contributed by atoms with Gasteiger partial charge >= 0.3 is 0 Å². The van der Waals surface area contributed by atoms with Crippen LogP contribution in [-0.2, 0) is 4.79 Å². The zero-order valence-electron chi connectivity index (χ0n) is 16.4. The molecule has 0 atom stereocenters. The van der Waals surface area contributed by atoms with Crippen LogP contribution in [0.3, 0.4) is 0 Å². The van der Waals surface area contributed by atoms with E-state index < -0.39 is 0 Å². The lowest BCUT2D eigenvalue weighted by Crippen LogP contribution is -2.05. The van der Waals surface area contributed by atoms with Gasteiger partial charge in [0, 0.05) is 30.1 Å². The van der Waals surface area contributed by atoms with Gasteiger partial charge in [-0.25, -0.2) is 9.97 Å². The molecule has 0 bridgehead atoms. The summed E-state index contributed by atoms with van der Waals surface area (Å²) >= 11 is 0. The van der Waals surface area contributed by atoms with Gasteiger partial charge in [0.05, 0.1) is 5.69 Å². The van der Waals surface area contributed by atoms with E-state index in [1.165, 1.54) is 6.92 Å². The van der Waals surface area contributed by atoms with Crippen LogP contribution < -0.4 is 15.4 Å². The molecular formula is C24H20N4O2. The summed E-state index contributed by atoms with van der Waals surface area (Å²) < 4.78 is 5.81. The van der Waals surface area contributed by atoms with Gasteiger partial charge in [-0.05, 0) is 54.6 Å². The fraction of sp³-hybridized carbons (Fsp3) is 0.0417. The summed E-state index contributed by atoms with van der Waals surface area (Å²) in [4.78, 5) is 20.0. The SMILES string of the molecule is CC(=O)Nc1ccc(-c2ccnc(Nc3ccc(Oc4ccccc4)cc3)n2)cc1. The maximum atomic E-state index is 11.2. The summed E-state index contributed by atoms with van der Waals surface area (Å²) in [6.07, 6.45) is 1.71. The Morgan fingerprint density at radius 3 is 2.17 bits per heavy atom. The summed E-state index contributed by atoms with van der Waals surface area (Å²) in [6.45, 7) is 1.48. The molecule has 0 aliphatic rings. The molecule has 6 heteroatoms. The highest BCUT2D eigenvalue weighted by Gasteiger charge is 2.05. The summed E-state index contributed by atoms with van der Waals surface area (Å²) in [7, 11) is 0. The molecule has 3 aromatic carbocycles. The third-order valence-corrected chi connectivity index (χ3v) is 4.25. The number of aromatic nitrogens is 2. The van der Waals surface area contributed by atoms with E-state index in [-0.39, 0.29) is 5.91 Å². The van der Waals surface area contributed by atoms with Crippen molar-refractivity contribution >= 4 is 23.2 Å². The van der Waals surface area contributed by atoms with Crippen molar-refractivity contribution in [3.63, 3.8) is 0 Å². The van der Waals surface area contributed by atoms with E-state index in [2.05, 4.69) is 20.6 Å². The van der Waals surface area contributed by atoms with Gasteiger partial charge in [0.15, 0.2) is 0 Å². The zero-order chi connectivity index (χ0) is 20.8. The van der Waals surface area contributed by atoms with E-state index in [0.29, 0.717) is 5.95 Å². The topological polar surface area (TPSA) is 76.1 Å². The Balaban J connectivity index is 1.44. The second kappa shape index (κ2) is 8.87. The number of para-hydroxylation sites is 1. The summed E-state index contributed by atoms with van der Waals surface area (Å²) in [5.74, 6) is 1.94. The third kappa shape index (κ3) is 4.99. The predicted molar refractivity (Wildman–Crippen MR) is 118 cm³/mol. The Morgan fingerprint density at radius 1 is 0.800 bits per heavy atom. The van der Waals surface area contributed by atoms with Crippen LogP contribution in [0.15, 0.2) is 91.1 Å². The number of hydrogen-bond acceptors (Lipinski definition) is 5. The lowest BCUT2D eigenvalue weighted by Gasteiger charge is -2.09. The highest BCUT2D eigenvalue weighted by molar-refractivity contribution is 5.88. The first-order valence-corrected chi connectivity index (χ1v) is 9.47. The molecule has 0 saturated heterocycles. The van der Waals surface area contributed by atoms with Gasteiger partial charge in [-0.1, -0.05) is 30.3 Å². The number of carbonyl (C=O) groups excluding carboxylic acids is 1. The van der Waals surface area contributed by atoms with Crippen LogP contribution in [0.2, 0.25) is 0 Å². The molecule has 148 valence electrons. The van der Waals surface area contributed by atoms with E-state index in [9.17, 15) is 4.79 Å². The number of hydrogen-bond donors (Lipinski definition) is 2. The van der Waals surface area contributed by atoms with Crippen LogP contribution in [0.25, 0.3) is 11.3 Å². The van der Waals surface area contributed by atoms with Crippen molar-refractivity contribution in [1.29, 1.82) is 0 Å². The Labute approximate surface area is 174 Å². The molecule has 1 heterocycles. The molecule has 0 fully saturated rings. The number of ether oxygens (including phenoxy) is 1. The number of nitrogens with one attached hydrogen (secondary N) is 2. The van der Waals surface area contributed by atoms with Gasteiger partial charge in [-0.2, -0.15) is 0 Å². The fourth-order valence-corrected chi connectivity index (χ4v) is 2.87. The highest BCUT2D eigenvalue weighted by atomic mass is 16.5. The minimum Gasteiger partial charge on any atom is -0.457 e. The fourth-order valence-electron chi connectivity index (χ4n) is 2.87. The standard InChI is InChI=1S/C24H20N4O2/c1-17(29)26-19-9-7-18(8-10-19)23-15-16-25-24(28-23)27-20-11-13-22(14-12-20)30-21-5-3-2-4-6-21/h2-16H,1H3,(H,26,29)(H,25,27,28). The first-order valence-electron chi connectivity index (χ1n) is 9.47. The molecule has 0 unspecified atom stereocenters. The van der Waals surface area contributed by atoms with Crippen molar-refractivity contribution in [2.24, 2.45) is 0 Å². The van der Waals surface area contributed by atoms with E-state index in [1.807, 2.05) is 84.9 Å². The number of anilines is 3. The van der Waals surface area contributed by atoms with Gasteiger partial charge in [0.2, 0.25) is 11.9 Å². The van der Waals surface area contributed by atoms with Crippen molar-refractivity contribution in [1.82, 2.24) is 9.97 Å². The lowest BCUT2D eigenvalue weighted by molar-refractivity contribution is -0.114. The normalized spacial score (nSPS) is 10.3. The van der Waals surface area contributed by atoms with Crippen molar-refractivity contribution in [2.75, 3.05) is 10.6 Å². The first kappa shape index (κ1) is 19.1. The quantitative estimate of drug-likeness (QED) is 0.441. The number of carbonyl (C=O) groups is 1. The molecule has 0 aliphatic heterocycles. The molecule has 2 N–H and O–H groups in total. The molecular weight excluding hydrogens is 376 g/mol. The van der Waals surface area contributed by atoms with Gasteiger partial charge in [-0.3, -0.25) is 4.79 Å². The molecule has 0 saturated carbocycles. The molecule has 0 spiro atoms. The van der Waals surface area contributed by atoms with Crippen LogP contribution in [0, 0.1) is 0 Å². The molecule has 6 nitrogen and oxygen atoms in total. The Bertz CT molecular complexity index is 1130. The maximum Gasteiger partial charge on any atom is 0.227 e. The molecule has 4 rings (SSSR count). The van der Waals surface area contributed by atoms with Crippen molar-refractivity contribution in [2.45, 2.75) is 6.92 Å². The average Bonchev–Trinajstić information content (AvgIpc) is 2.76. The number of benzene rings is 3. The predicted octanol–water partition coefficient (Wildman–Crippen LogP) is 5.64. The second-order valence-electron chi connectivity index (χ2n) is 6.59. The molecule has 1 aromatic heterocycles. The summed E-state index contributed by atoms with van der Waals surface area (Å²) in [6, 6.07) is 26.6. The average molecular weight is 396 g/mol. The van der Waals surface area contributed by atoms with E-state index >= 15 is 0 Å². The molecule has 1 amide bonds. The lowest BCUT2D eigenvalue weighted by atomic mass is 10.1. The van der Waals surface area contributed by atoms with Gasteiger partial charge < -0.3 is 15.4 Å². The largest absolute Gasteiger partial charge is 0.457 e. The molecule has 0 aliphatic carbocycles. The summed E-state index contributed by atoms with van der Waals surface area (Å²) in [5, 5.41) is 5.96. The van der Waals surface area contributed by atoms with Crippen LogP contribution in [0.4, 0.5) is 17.3 Å². The smallest absolute Gasteiger partial charge is 0.227 e. The molecule has 4 aromatic rings. The highest BCUT2D eigenvalue weighted by Crippen LogP contribution is 2.25. The Morgan fingerprint density at radius 2 is 1.47 bits per heavy atom. The maximum absolute atomic E-state index is 11.2. The van der Waals surface area contributed by atoms with E-state index in [1.54, 1.807) is 6.20 Å². The van der Waals surface area contributed by atoms with Gasteiger partial charge in [-0.15, -0.1) is 0 Å². The zero-order valence-corrected chi connectivity index (χ0v) is 16.4. The van der Waals surface area contributed by atoms with Gasteiger partial charge in [0.25, 0.3) is 0 Å². The number of rotatable bonds is 6. The Hall–Kier alpha value is -4.19. The van der Waals surface area contributed by atoms with E-state index in [0.717, 1.165) is 34.1 Å². The van der Waals surface area contributed by atoms with Crippen LogP contribution in [-0.4, -0.2) is 15.9 Å². The monoisotopic (exact) mass is 396 g/mol. The minimum atomic E-state index is -0.101. The van der Waals surface area contributed by atoms with Crippen molar-refractivity contribution < 1.29 is 9.53 Å². The molecule has 0 radical (unpaired) electrons. The second-order valence-corrected chi connectivity index (χ2v) is 6.59. The third-order valence-electron chi connectivity index (χ3n) is 4.25. The van der Waals surface area contributed by atoms with Crippen LogP contribution in [0.1, 0.15) is 6.92 Å². The Kier molecular flexibility index (Phi) is 5.66. The van der Waals surface area contributed by atoms with E-state index in [4.69, 9.17) is 4.74 Å². The van der Waals surface area contributed by atoms with Gasteiger partial charge in [0.1, 0.15) is 11.5 Å². The summed E-state index contributed by atoms with van der Waals surface area (Å²) in [5.41, 5.74) is 3.32. The first-order chi connectivity index (χ1) is 14.7. The number of nitrogens with zero attached hydrogens (tertiary/aromatic N) is 2. The minimum absolute atomic E-state index is 0.101. The number of amides is 1. The van der Waals surface area contributed by atoms with Crippen molar-refractivity contribution in [3.8, 4) is 22.8 Å². The molecule has 30 heavy (non-hydrogen) atoms. The van der Waals surface area contributed by atoms with Crippen molar-refractivity contribution in [3.05, 3.63) is 91.1 Å². The van der Waals surface area contributed by atoms with Crippen LogP contribution >= 0.6 is 0 Å². The van der Waals surface area contributed by atoms with Crippen LogP contribution in [0.5, 0.6) is 11.5 Å².